The second-order valence-electron chi connectivity index (χ2n) is 5.34. The molecule has 0 unspecified atom stereocenters. The van der Waals surface area contributed by atoms with Gasteiger partial charge in [-0.15, -0.1) is 0 Å². The summed E-state index contributed by atoms with van der Waals surface area (Å²) in [7, 11) is 4.15. The molecular formula is C14H33N2O5+. The number of aliphatic hydroxyl groups excluding tert-OH is 1. The zero-order valence-electron chi connectivity index (χ0n) is 13.6. The van der Waals surface area contributed by atoms with Crippen LogP contribution in [-0.4, -0.2) is 103 Å². The summed E-state index contributed by atoms with van der Waals surface area (Å²) in [6.07, 6.45) is 0. The highest BCUT2D eigenvalue weighted by Crippen LogP contribution is 1.95. The molecule has 0 aromatic rings. The molecule has 0 aliphatic carbocycles. The fraction of sp³-hybridized carbons (Fsp3) is 1.00. The van der Waals surface area contributed by atoms with Gasteiger partial charge in [0.1, 0.15) is 13.1 Å². The van der Waals surface area contributed by atoms with Gasteiger partial charge in [0.2, 0.25) is 0 Å². The van der Waals surface area contributed by atoms with E-state index in [0.717, 1.165) is 17.6 Å². The van der Waals surface area contributed by atoms with Gasteiger partial charge in [-0.2, -0.15) is 0 Å². The highest BCUT2D eigenvalue weighted by atomic mass is 16.6. The highest BCUT2D eigenvalue weighted by Gasteiger charge is 2.12. The van der Waals surface area contributed by atoms with Gasteiger partial charge >= 0.3 is 0 Å². The van der Waals surface area contributed by atoms with Gasteiger partial charge in [0.05, 0.1) is 73.6 Å². The lowest BCUT2D eigenvalue weighted by Crippen LogP contribution is -2.44. The van der Waals surface area contributed by atoms with Crippen molar-refractivity contribution in [3.05, 3.63) is 0 Å². The van der Waals surface area contributed by atoms with Crippen molar-refractivity contribution < 1.29 is 28.5 Å². The van der Waals surface area contributed by atoms with E-state index >= 15 is 0 Å². The molecule has 0 aliphatic rings. The molecule has 7 heteroatoms. The van der Waals surface area contributed by atoms with Crippen molar-refractivity contribution in [1.82, 2.24) is 0 Å². The molecular weight excluding hydrogens is 276 g/mol. The minimum Gasteiger partial charge on any atom is -0.391 e. The molecule has 128 valence electrons. The van der Waals surface area contributed by atoms with Crippen LogP contribution in [0.4, 0.5) is 0 Å². The summed E-state index contributed by atoms with van der Waals surface area (Å²) >= 11 is 0. The highest BCUT2D eigenvalue weighted by molar-refractivity contribution is 4.37. The van der Waals surface area contributed by atoms with Crippen LogP contribution in [0, 0.1) is 0 Å². The first-order valence-electron chi connectivity index (χ1n) is 7.56. The average Bonchev–Trinajstić information content (AvgIpc) is 2.44. The average molecular weight is 309 g/mol. The predicted octanol–water partition coefficient (Wildman–Crippen LogP) is -0.920. The summed E-state index contributed by atoms with van der Waals surface area (Å²) in [6.45, 7) is 7.03. The molecule has 3 N–H and O–H groups in total. The Kier molecular flexibility index (Phi) is 14.5. The first kappa shape index (κ1) is 20.7. The van der Waals surface area contributed by atoms with Crippen molar-refractivity contribution in [2.45, 2.75) is 0 Å². The molecule has 0 aliphatic heterocycles. The smallest absolute Gasteiger partial charge is 0.102 e. The quantitative estimate of drug-likeness (QED) is 0.283. The molecule has 0 heterocycles. The maximum Gasteiger partial charge on any atom is 0.102 e. The van der Waals surface area contributed by atoms with Crippen LogP contribution in [0.5, 0.6) is 0 Å². The van der Waals surface area contributed by atoms with Gasteiger partial charge in [-0.25, -0.2) is 0 Å². The van der Waals surface area contributed by atoms with Crippen LogP contribution in [0.15, 0.2) is 0 Å². The van der Waals surface area contributed by atoms with Crippen LogP contribution < -0.4 is 5.73 Å². The fourth-order valence-corrected chi connectivity index (χ4v) is 1.54. The molecule has 0 saturated carbocycles. The van der Waals surface area contributed by atoms with Gasteiger partial charge < -0.3 is 34.3 Å². The molecule has 7 nitrogen and oxygen atoms in total. The number of nitrogens with zero attached hydrogens (tertiary/aromatic N) is 1. The van der Waals surface area contributed by atoms with Gasteiger partial charge in [0, 0.05) is 6.54 Å². The Labute approximate surface area is 128 Å². The lowest BCUT2D eigenvalue weighted by molar-refractivity contribution is -0.891. The number of quaternary nitrogens is 1. The van der Waals surface area contributed by atoms with Crippen LogP contribution in [0.25, 0.3) is 0 Å². The second-order valence-corrected chi connectivity index (χ2v) is 5.34. The minimum absolute atomic E-state index is 0.202. The molecule has 0 spiro atoms. The molecule has 0 radical (unpaired) electrons. The van der Waals surface area contributed by atoms with E-state index in [1.54, 1.807) is 0 Å². The Hall–Kier alpha value is -0.280. The molecule has 0 bridgehead atoms. The topological polar surface area (TPSA) is 83.2 Å². The maximum atomic E-state index is 8.90. The van der Waals surface area contributed by atoms with Gasteiger partial charge in [-0.05, 0) is 0 Å². The minimum atomic E-state index is 0.202. The van der Waals surface area contributed by atoms with Crippen molar-refractivity contribution in [2.24, 2.45) is 5.73 Å². The van der Waals surface area contributed by atoms with Gasteiger partial charge in [0.25, 0.3) is 0 Å². The Balaban J connectivity index is 3.12. The van der Waals surface area contributed by atoms with E-state index in [1.807, 2.05) is 0 Å². The van der Waals surface area contributed by atoms with Crippen molar-refractivity contribution in [2.75, 3.05) is 93.2 Å². The Morgan fingerprint density at radius 3 is 1.57 bits per heavy atom. The van der Waals surface area contributed by atoms with Gasteiger partial charge in [-0.1, -0.05) is 0 Å². The number of hydrogen-bond acceptors (Lipinski definition) is 6. The van der Waals surface area contributed by atoms with Crippen molar-refractivity contribution >= 4 is 0 Å². The standard InChI is InChI=1S/C14H33N2O5/c1-16(2,4-6-17)5-8-19-10-12-21-14-13-20-11-9-18-7-3-15/h17H,3-15H2,1-2H3/q+1. The molecule has 0 rings (SSSR count). The molecule has 0 aromatic carbocycles. The second kappa shape index (κ2) is 14.6. The van der Waals surface area contributed by atoms with E-state index in [4.69, 9.17) is 29.8 Å². The van der Waals surface area contributed by atoms with E-state index in [1.165, 1.54) is 0 Å². The van der Waals surface area contributed by atoms with E-state index in [9.17, 15) is 0 Å². The third-order valence-corrected chi connectivity index (χ3v) is 2.92. The summed E-state index contributed by atoms with van der Waals surface area (Å²) in [6, 6.07) is 0. The molecule has 0 atom stereocenters. The van der Waals surface area contributed by atoms with Crippen LogP contribution in [0.3, 0.4) is 0 Å². The van der Waals surface area contributed by atoms with Gasteiger partial charge in [0.15, 0.2) is 0 Å². The number of nitrogens with two attached hydrogens (primary N) is 1. The van der Waals surface area contributed by atoms with Crippen molar-refractivity contribution in [3.8, 4) is 0 Å². The summed E-state index contributed by atoms with van der Waals surface area (Å²) in [4.78, 5) is 0. The summed E-state index contributed by atoms with van der Waals surface area (Å²) < 4.78 is 22.1. The Morgan fingerprint density at radius 2 is 1.14 bits per heavy atom. The molecule has 0 amide bonds. The van der Waals surface area contributed by atoms with Crippen LogP contribution in [0.1, 0.15) is 0 Å². The molecule has 0 fully saturated rings. The number of rotatable bonds is 16. The summed E-state index contributed by atoms with van der Waals surface area (Å²) in [5.41, 5.74) is 5.29. The molecule has 0 saturated heterocycles. The number of aliphatic hydroxyl groups is 1. The summed E-state index contributed by atoms with van der Waals surface area (Å²) in [5, 5.41) is 8.90. The monoisotopic (exact) mass is 309 g/mol. The van der Waals surface area contributed by atoms with E-state index < -0.39 is 0 Å². The molecule has 0 aromatic heterocycles. The lowest BCUT2D eigenvalue weighted by Gasteiger charge is -2.28. The van der Waals surface area contributed by atoms with Gasteiger partial charge in [-0.3, -0.25) is 0 Å². The third kappa shape index (κ3) is 15.9. The summed E-state index contributed by atoms with van der Waals surface area (Å²) in [5.74, 6) is 0. The van der Waals surface area contributed by atoms with E-state index in [-0.39, 0.29) is 6.61 Å². The third-order valence-electron chi connectivity index (χ3n) is 2.92. The molecule has 21 heavy (non-hydrogen) atoms. The number of ether oxygens (including phenoxy) is 4. The normalized spacial score (nSPS) is 12.0. The van der Waals surface area contributed by atoms with Crippen LogP contribution in [-0.2, 0) is 18.9 Å². The van der Waals surface area contributed by atoms with Crippen LogP contribution in [0.2, 0.25) is 0 Å². The fourth-order valence-electron chi connectivity index (χ4n) is 1.54. The number of likely N-dealkylation sites (N-methyl/N-ethyl adjacent to an activating group) is 1. The van der Waals surface area contributed by atoms with E-state index in [2.05, 4.69) is 14.1 Å². The predicted molar refractivity (Wildman–Crippen MR) is 81.3 cm³/mol. The number of hydrogen-bond donors (Lipinski definition) is 2. The van der Waals surface area contributed by atoms with E-state index in [0.29, 0.717) is 59.4 Å². The Bertz CT molecular complexity index is 218. The van der Waals surface area contributed by atoms with Crippen LogP contribution >= 0.6 is 0 Å². The largest absolute Gasteiger partial charge is 0.391 e. The zero-order valence-corrected chi connectivity index (χ0v) is 13.6. The van der Waals surface area contributed by atoms with Crippen molar-refractivity contribution in [1.29, 1.82) is 0 Å². The maximum absolute atomic E-state index is 8.90. The SMILES string of the molecule is C[N+](C)(CCO)CCOCCOCCOCCOCCN. The lowest BCUT2D eigenvalue weighted by atomic mass is 10.4. The first-order chi connectivity index (χ1) is 10.1. The zero-order chi connectivity index (χ0) is 15.8. The van der Waals surface area contributed by atoms with Crippen molar-refractivity contribution in [3.63, 3.8) is 0 Å². The first-order valence-corrected chi connectivity index (χ1v) is 7.56. The Morgan fingerprint density at radius 1 is 0.714 bits per heavy atom.